The van der Waals surface area contributed by atoms with Crippen molar-refractivity contribution in [2.75, 3.05) is 6.54 Å². The van der Waals surface area contributed by atoms with Crippen LogP contribution in [-0.2, 0) is 30.7 Å². The molecule has 2 aliphatic rings. The zero-order valence-corrected chi connectivity index (χ0v) is 21.0. The van der Waals surface area contributed by atoms with Gasteiger partial charge in [-0.2, -0.15) is 0 Å². The van der Waals surface area contributed by atoms with Crippen LogP contribution in [0.5, 0.6) is 0 Å². The van der Waals surface area contributed by atoms with E-state index in [0.29, 0.717) is 24.7 Å². The Morgan fingerprint density at radius 3 is 2.50 bits per heavy atom. The fraction of sp³-hybridized carbons (Fsp3) is 0.400. The highest BCUT2D eigenvalue weighted by Crippen LogP contribution is 2.25. The Labute approximate surface area is 213 Å². The summed E-state index contributed by atoms with van der Waals surface area (Å²) in [7, 11) is 0. The molecular weight excluding hydrogens is 450 g/mol. The minimum atomic E-state index is -0.0561. The Morgan fingerprint density at radius 1 is 1.00 bits per heavy atom. The predicted molar refractivity (Wildman–Crippen MR) is 139 cm³/mol. The fourth-order valence-electron chi connectivity index (χ4n) is 4.90. The molecule has 1 saturated carbocycles. The van der Waals surface area contributed by atoms with Gasteiger partial charge >= 0.3 is 0 Å². The van der Waals surface area contributed by atoms with Crippen LogP contribution in [0.1, 0.15) is 77.0 Å². The van der Waals surface area contributed by atoms with Crippen molar-refractivity contribution < 1.29 is 14.0 Å². The summed E-state index contributed by atoms with van der Waals surface area (Å²) < 4.78 is 5.55. The van der Waals surface area contributed by atoms with Crippen molar-refractivity contribution in [2.45, 2.75) is 70.6 Å². The van der Waals surface area contributed by atoms with E-state index in [-0.39, 0.29) is 24.4 Å². The molecule has 6 nitrogen and oxygen atoms in total. The molecule has 1 unspecified atom stereocenters. The number of nitrogens with one attached hydrogen (secondary N) is 2. The highest BCUT2D eigenvalue weighted by atomic mass is 16.3. The van der Waals surface area contributed by atoms with Gasteiger partial charge in [0.05, 0.1) is 25.4 Å². The first kappa shape index (κ1) is 24.3. The summed E-state index contributed by atoms with van der Waals surface area (Å²) in [5, 5.41) is 6.20. The molecule has 0 radical (unpaired) electrons. The van der Waals surface area contributed by atoms with Gasteiger partial charge in [0, 0.05) is 18.2 Å². The first-order chi connectivity index (χ1) is 17.5. The maximum atomic E-state index is 13.1. The van der Waals surface area contributed by atoms with Crippen molar-refractivity contribution in [3.05, 3.63) is 94.4 Å². The van der Waals surface area contributed by atoms with Gasteiger partial charge in [-0.15, -0.1) is 0 Å². The van der Waals surface area contributed by atoms with Crippen LogP contribution in [0, 0.1) is 0 Å². The molecule has 1 aromatic heterocycles. The summed E-state index contributed by atoms with van der Waals surface area (Å²) in [6, 6.07) is 18.3. The lowest BCUT2D eigenvalue weighted by molar-refractivity contribution is -0.123. The number of carbonyl (C=O) groups is 2. The molecule has 0 aliphatic heterocycles. The van der Waals surface area contributed by atoms with Gasteiger partial charge in [0.1, 0.15) is 5.76 Å². The molecule has 1 heterocycles. The van der Waals surface area contributed by atoms with Gasteiger partial charge in [0.2, 0.25) is 5.91 Å². The van der Waals surface area contributed by atoms with Crippen LogP contribution in [0.2, 0.25) is 0 Å². The summed E-state index contributed by atoms with van der Waals surface area (Å²) >= 11 is 0. The predicted octanol–water partition coefficient (Wildman–Crippen LogP) is 4.93. The van der Waals surface area contributed by atoms with Crippen LogP contribution < -0.4 is 10.6 Å². The largest absolute Gasteiger partial charge is 0.468 e. The van der Waals surface area contributed by atoms with E-state index >= 15 is 0 Å². The lowest BCUT2D eigenvalue weighted by atomic mass is 9.89. The maximum absolute atomic E-state index is 13.1. The molecule has 0 saturated heterocycles. The molecule has 36 heavy (non-hydrogen) atoms. The van der Waals surface area contributed by atoms with Crippen molar-refractivity contribution in [3.8, 4) is 0 Å². The minimum absolute atomic E-state index is 0.0211. The number of furan rings is 1. The van der Waals surface area contributed by atoms with E-state index in [2.05, 4.69) is 33.7 Å². The van der Waals surface area contributed by atoms with E-state index in [9.17, 15) is 9.59 Å². The van der Waals surface area contributed by atoms with Crippen molar-refractivity contribution >= 4 is 11.8 Å². The maximum Gasteiger partial charge on any atom is 0.251 e. The van der Waals surface area contributed by atoms with Gasteiger partial charge < -0.3 is 15.1 Å². The van der Waals surface area contributed by atoms with Crippen LogP contribution in [0.25, 0.3) is 0 Å². The third kappa shape index (κ3) is 6.43. The van der Waals surface area contributed by atoms with Crippen molar-refractivity contribution in [2.24, 2.45) is 0 Å². The Balaban J connectivity index is 1.21. The molecular formula is C30H35N3O3. The molecule has 1 fully saturated rings. The molecule has 1 atom stereocenters. The molecule has 6 heteroatoms. The van der Waals surface area contributed by atoms with Crippen molar-refractivity contribution in [1.82, 2.24) is 15.5 Å². The van der Waals surface area contributed by atoms with Gasteiger partial charge in [0.25, 0.3) is 5.91 Å². The van der Waals surface area contributed by atoms with Crippen LogP contribution in [0.3, 0.4) is 0 Å². The quantitative estimate of drug-likeness (QED) is 0.427. The summed E-state index contributed by atoms with van der Waals surface area (Å²) in [5.41, 5.74) is 5.74. The van der Waals surface area contributed by atoms with Crippen LogP contribution >= 0.6 is 0 Å². The molecule has 188 valence electrons. The van der Waals surface area contributed by atoms with E-state index in [4.69, 9.17) is 4.42 Å². The van der Waals surface area contributed by atoms with Crippen LogP contribution in [-0.4, -0.2) is 29.3 Å². The lowest BCUT2D eigenvalue weighted by Crippen LogP contribution is -2.37. The number of hydrogen-bond donors (Lipinski definition) is 2. The number of fused-ring (bicyclic) bond motifs is 1. The number of amides is 2. The molecule has 0 spiro atoms. The van der Waals surface area contributed by atoms with Gasteiger partial charge in [0.15, 0.2) is 0 Å². The lowest BCUT2D eigenvalue weighted by Gasteiger charge is -2.23. The standard InChI is InChI=1S/C30H35N3O3/c1-21(25-13-12-23-5-2-3-6-26(23)17-25)31-29(34)20-33(19-28-7-4-16-36-28)18-22-8-10-24(11-9-22)30(35)32-27-14-15-27/h4,7-13,16-17,21,27H,2-3,5-6,14-15,18-20H2,1H3,(H,31,34)(H,32,35). The fourth-order valence-corrected chi connectivity index (χ4v) is 4.90. The molecule has 2 aromatic carbocycles. The Kier molecular flexibility index (Phi) is 7.52. The van der Waals surface area contributed by atoms with E-state index in [1.165, 1.54) is 24.0 Å². The highest BCUT2D eigenvalue weighted by molar-refractivity contribution is 5.94. The van der Waals surface area contributed by atoms with E-state index < -0.39 is 0 Å². The van der Waals surface area contributed by atoms with Crippen molar-refractivity contribution in [1.29, 1.82) is 0 Å². The monoisotopic (exact) mass is 485 g/mol. The average Bonchev–Trinajstić information content (AvgIpc) is 3.55. The Hall–Kier alpha value is -3.38. The second-order valence-electron chi connectivity index (χ2n) is 10.2. The molecule has 2 aliphatic carbocycles. The summed E-state index contributed by atoms with van der Waals surface area (Å²) in [6.07, 6.45) is 8.58. The third-order valence-electron chi connectivity index (χ3n) is 7.11. The zero-order chi connectivity index (χ0) is 24.9. The summed E-state index contributed by atoms with van der Waals surface area (Å²) in [5.74, 6) is 0.769. The molecule has 0 bridgehead atoms. The van der Waals surface area contributed by atoms with E-state index in [0.717, 1.165) is 42.6 Å². The van der Waals surface area contributed by atoms with Gasteiger partial charge in [-0.1, -0.05) is 30.3 Å². The summed E-state index contributed by atoms with van der Waals surface area (Å²) in [4.78, 5) is 27.4. The van der Waals surface area contributed by atoms with E-state index in [1.807, 2.05) is 43.3 Å². The highest BCUT2D eigenvalue weighted by Gasteiger charge is 2.24. The summed E-state index contributed by atoms with van der Waals surface area (Å²) in [6.45, 7) is 3.40. The van der Waals surface area contributed by atoms with E-state index in [1.54, 1.807) is 6.26 Å². The smallest absolute Gasteiger partial charge is 0.251 e. The number of nitrogens with zero attached hydrogens (tertiary/aromatic N) is 1. The minimum Gasteiger partial charge on any atom is -0.468 e. The average molecular weight is 486 g/mol. The molecule has 2 amide bonds. The topological polar surface area (TPSA) is 74.6 Å². The van der Waals surface area contributed by atoms with Gasteiger partial charge in [-0.05, 0) is 92.0 Å². The number of rotatable bonds is 10. The zero-order valence-electron chi connectivity index (χ0n) is 21.0. The Bertz CT molecular complexity index is 1180. The number of aryl methyl sites for hydroxylation is 2. The third-order valence-corrected chi connectivity index (χ3v) is 7.11. The SMILES string of the molecule is CC(NC(=O)CN(Cc1ccc(C(=O)NC2CC2)cc1)Cc1ccco1)c1ccc2c(c1)CCCC2. The van der Waals surface area contributed by atoms with Crippen LogP contribution in [0.4, 0.5) is 0 Å². The first-order valence-electron chi connectivity index (χ1n) is 13.1. The van der Waals surface area contributed by atoms with Crippen molar-refractivity contribution in [3.63, 3.8) is 0 Å². The van der Waals surface area contributed by atoms with Gasteiger partial charge in [-0.25, -0.2) is 0 Å². The molecule has 5 rings (SSSR count). The second kappa shape index (κ2) is 11.1. The Morgan fingerprint density at radius 2 is 1.78 bits per heavy atom. The van der Waals surface area contributed by atoms with Crippen LogP contribution in [0.15, 0.2) is 65.3 Å². The normalized spacial score (nSPS) is 15.8. The second-order valence-corrected chi connectivity index (χ2v) is 10.2. The molecule has 3 aromatic rings. The number of benzene rings is 2. The first-order valence-corrected chi connectivity index (χ1v) is 13.1. The number of hydrogen-bond acceptors (Lipinski definition) is 4. The number of carbonyl (C=O) groups excluding carboxylic acids is 2. The molecule has 2 N–H and O–H groups in total. The van der Waals surface area contributed by atoms with Gasteiger partial charge in [-0.3, -0.25) is 14.5 Å².